The van der Waals surface area contributed by atoms with Crippen LogP contribution in [-0.4, -0.2) is 21.5 Å². The van der Waals surface area contributed by atoms with Crippen molar-refractivity contribution in [1.82, 2.24) is 20.3 Å². The highest BCUT2D eigenvalue weighted by Gasteiger charge is 2.19. The fraction of sp³-hybridized carbons (Fsp3) is 0.364. The summed E-state index contributed by atoms with van der Waals surface area (Å²) in [6.07, 6.45) is 5.74. The molecule has 1 fully saturated rings. The zero-order valence-corrected chi connectivity index (χ0v) is 9.57. The highest BCUT2D eigenvalue weighted by atomic mass is 32.1. The first-order chi connectivity index (χ1) is 7.93. The average Bonchev–Trinajstić information content (AvgIpc) is 3.01. The molecule has 1 saturated heterocycles. The standard InChI is InChI=1S/C11H12N4S/c1-2-8(13-4-1)10-6-16-11(15-10)9-3-5-12-7-14-9/h3,5-8,13H,1-2,4H2/t8-/m0/s1. The van der Waals surface area contributed by atoms with E-state index < -0.39 is 0 Å². The Morgan fingerprint density at radius 2 is 2.44 bits per heavy atom. The van der Waals surface area contributed by atoms with Crippen LogP contribution in [0.2, 0.25) is 0 Å². The van der Waals surface area contributed by atoms with Gasteiger partial charge in [-0.3, -0.25) is 0 Å². The molecule has 82 valence electrons. The lowest BCUT2D eigenvalue weighted by Gasteiger charge is -2.04. The fourth-order valence-electron chi connectivity index (χ4n) is 1.92. The number of hydrogen-bond acceptors (Lipinski definition) is 5. The molecule has 5 heteroatoms. The average molecular weight is 232 g/mol. The second-order valence-electron chi connectivity index (χ2n) is 3.82. The third kappa shape index (κ3) is 1.83. The highest BCUT2D eigenvalue weighted by Crippen LogP contribution is 2.28. The van der Waals surface area contributed by atoms with Crippen molar-refractivity contribution in [1.29, 1.82) is 0 Å². The second-order valence-corrected chi connectivity index (χ2v) is 4.68. The van der Waals surface area contributed by atoms with Gasteiger partial charge in [0.1, 0.15) is 17.0 Å². The van der Waals surface area contributed by atoms with Gasteiger partial charge in [-0.2, -0.15) is 0 Å². The lowest BCUT2D eigenvalue weighted by Crippen LogP contribution is -2.12. The van der Waals surface area contributed by atoms with Crippen molar-refractivity contribution in [2.75, 3.05) is 6.54 Å². The lowest BCUT2D eigenvalue weighted by atomic mass is 10.2. The van der Waals surface area contributed by atoms with Gasteiger partial charge in [0.15, 0.2) is 0 Å². The maximum absolute atomic E-state index is 4.63. The van der Waals surface area contributed by atoms with Crippen LogP contribution < -0.4 is 5.32 Å². The molecular weight excluding hydrogens is 220 g/mol. The van der Waals surface area contributed by atoms with E-state index in [1.807, 2.05) is 6.07 Å². The Balaban J connectivity index is 1.87. The number of nitrogens with one attached hydrogen (secondary N) is 1. The molecule has 0 aromatic carbocycles. The SMILES string of the molecule is c1cc(-c2nc([C@@H]3CCCN3)cs2)ncn1. The summed E-state index contributed by atoms with van der Waals surface area (Å²) < 4.78 is 0. The van der Waals surface area contributed by atoms with E-state index in [1.54, 1.807) is 23.9 Å². The molecule has 0 aliphatic carbocycles. The van der Waals surface area contributed by atoms with Crippen molar-refractivity contribution >= 4 is 11.3 Å². The Morgan fingerprint density at radius 3 is 3.19 bits per heavy atom. The molecule has 0 saturated carbocycles. The maximum atomic E-state index is 4.63. The molecule has 1 N–H and O–H groups in total. The summed E-state index contributed by atoms with van der Waals surface area (Å²) in [5, 5.41) is 6.55. The Kier molecular flexibility index (Phi) is 2.63. The normalized spacial score (nSPS) is 20.1. The van der Waals surface area contributed by atoms with Crippen LogP contribution in [0.3, 0.4) is 0 Å². The van der Waals surface area contributed by atoms with Gasteiger partial charge in [0, 0.05) is 11.6 Å². The summed E-state index contributed by atoms with van der Waals surface area (Å²) in [4.78, 5) is 12.7. The molecule has 2 aromatic heterocycles. The molecule has 0 spiro atoms. The molecule has 3 heterocycles. The van der Waals surface area contributed by atoms with E-state index in [4.69, 9.17) is 0 Å². The summed E-state index contributed by atoms with van der Waals surface area (Å²) in [5.74, 6) is 0. The summed E-state index contributed by atoms with van der Waals surface area (Å²) in [7, 11) is 0. The largest absolute Gasteiger partial charge is 0.309 e. The Labute approximate surface area is 97.8 Å². The molecular formula is C11H12N4S. The lowest BCUT2D eigenvalue weighted by molar-refractivity contribution is 0.632. The van der Waals surface area contributed by atoms with Crippen molar-refractivity contribution in [2.45, 2.75) is 18.9 Å². The fourth-order valence-corrected chi connectivity index (χ4v) is 2.77. The molecule has 0 bridgehead atoms. The molecule has 1 aliphatic heterocycles. The van der Waals surface area contributed by atoms with Crippen LogP contribution >= 0.6 is 11.3 Å². The van der Waals surface area contributed by atoms with Crippen molar-refractivity contribution < 1.29 is 0 Å². The van der Waals surface area contributed by atoms with E-state index in [0.29, 0.717) is 6.04 Å². The van der Waals surface area contributed by atoms with E-state index in [0.717, 1.165) is 22.9 Å². The zero-order chi connectivity index (χ0) is 10.8. The summed E-state index contributed by atoms with van der Waals surface area (Å²) >= 11 is 1.65. The van der Waals surface area contributed by atoms with Crippen LogP contribution in [-0.2, 0) is 0 Å². The molecule has 1 aliphatic rings. The molecule has 0 unspecified atom stereocenters. The second kappa shape index (κ2) is 4.27. The topological polar surface area (TPSA) is 50.7 Å². The number of hydrogen-bond donors (Lipinski definition) is 1. The van der Waals surface area contributed by atoms with Gasteiger partial charge in [-0.05, 0) is 25.5 Å². The van der Waals surface area contributed by atoms with Crippen LogP contribution in [0, 0.1) is 0 Å². The predicted molar refractivity (Wildman–Crippen MR) is 63.1 cm³/mol. The van der Waals surface area contributed by atoms with Crippen LogP contribution in [0.5, 0.6) is 0 Å². The van der Waals surface area contributed by atoms with Crippen LogP contribution in [0.1, 0.15) is 24.6 Å². The van der Waals surface area contributed by atoms with E-state index in [2.05, 4.69) is 25.6 Å². The van der Waals surface area contributed by atoms with E-state index in [-0.39, 0.29) is 0 Å². The molecule has 2 aromatic rings. The van der Waals surface area contributed by atoms with Crippen molar-refractivity contribution in [3.63, 3.8) is 0 Å². The van der Waals surface area contributed by atoms with E-state index in [1.165, 1.54) is 12.8 Å². The van der Waals surface area contributed by atoms with Gasteiger partial charge in [0.05, 0.1) is 11.7 Å². The van der Waals surface area contributed by atoms with Gasteiger partial charge < -0.3 is 5.32 Å². The predicted octanol–water partition coefficient (Wildman–Crippen LogP) is 2.02. The van der Waals surface area contributed by atoms with Crippen molar-refractivity contribution in [2.24, 2.45) is 0 Å². The first kappa shape index (κ1) is 9.86. The number of aromatic nitrogens is 3. The number of nitrogens with zero attached hydrogens (tertiary/aromatic N) is 3. The monoisotopic (exact) mass is 232 g/mol. The third-order valence-corrected chi connectivity index (χ3v) is 3.62. The molecule has 16 heavy (non-hydrogen) atoms. The molecule has 3 rings (SSSR count). The first-order valence-electron chi connectivity index (χ1n) is 5.39. The molecule has 1 atom stereocenters. The quantitative estimate of drug-likeness (QED) is 0.860. The number of thiazole rings is 1. The zero-order valence-electron chi connectivity index (χ0n) is 8.76. The minimum Gasteiger partial charge on any atom is -0.309 e. The van der Waals surface area contributed by atoms with Crippen molar-refractivity contribution in [3.8, 4) is 10.7 Å². The smallest absolute Gasteiger partial charge is 0.142 e. The summed E-state index contributed by atoms with van der Waals surface area (Å²) in [5.41, 5.74) is 2.06. The van der Waals surface area contributed by atoms with E-state index >= 15 is 0 Å². The van der Waals surface area contributed by atoms with Gasteiger partial charge in [-0.1, -0.05) is 0 Å². The minimum atomic E-state index is 0.437. The van der Waals surface area contributed by atoms with Crippen LogP contribution in [0.25, 0.3) is 10.7 Å². The van der Waals surface area contributed by atoms with Gasteiger partial charge in [0.25, 0.3) is 0 Å². The van der Waals surface area contributed by atoms with Gasteiger partial charge in [-0.25, -0.2) is 15.0 Å². The molecule has 0 radical (unpaired) electrons. The summed E-state index contributed by atoms with van der Waals surface area (Å²) in [6, 6.07) is 2.33. The van der Waals surface area contributed by atoms with Crippen LogP contribution in [0.15, 0.2) is 24.0 Å². The Morgan fingerprint density at radius 1 is 1.44 bits per heavy atom. The maximum Gasteiger partial charge on any atom is 0.142 e. The Hall–Kier alpha value is -1.33. The number of rotatable bonds is 2. The minimum absolute atomic E-state index is 0.437. The van der Waals surface area contributed by atoms with Crippen molar-refractivity contribution in [3.05, 3.63) is 29.7 Å². The highest BCUT2D eigenvalue weighted by molar-refractivity contribution is 7.13. The van der Waals surface area contributed by atoms with E-state index in [9.17, 15) is 0 Å². The van der Waals surface area contributed by atoms with Gasteiger partial charge >= 0.3 is 0 Å². The van der Waals surface area contributed by atoms with Crippen LogP contribution in [0.4, 0.5) is 0 Å². The summed E-state index contributed by atoms with van der Waals surface area (Å²) in [6.45, 7) is 1.10. The van der Waals surface area contributed by atoms with Gasteiger partial charge in [0.2, 0.25) is 0 Å². The first-order valence-corrected chi connectivity index (χ1v) is 6.26. The van der Waals surface area contributed by atoms with Gasteiger partial charge in [-0.15, -0.1) is 11.3 Å². The third-order valence-electron chi connectivity index (χ3n) is 2.74. The molecule has 4 nitrogen and oxygen atoms in total. The Bertz CT molecular complexity index is 462. The molecule has 0 amide bonds.